The zero-order chi connectivity index (χ0) is 11.1. The molecule has 0 saturated heterocycles. The van der Waals surface area contributed by atoms with E-state index < -0.39 is 0 Å². The molecule has 0 radical (unpaired) electrons. The van der Waals surface area contributed by atoms with Crippen LogP contribution in [0.4, 0.5) is 0 Å². The summed E-state index contributed by atoms with van der Waals surface area (Å²) in [5.41, 5.74) is 7.52. The lowest BCUT2D eigenvalue weighted by Crippen LogP contribution is -2.10. The minimum atomic E-state index is 0.206. The summed E-state index contributed by atoms with van der Waals surface area (Å²) in [4.78, 5) is 4.47. The average molecular weight is 229 g/mol. The molecule has 3 aromatic rings. The van der Waals surface area contributed by atoms with E-state index in [4.69, 9.17) is 18.0 Å². The molecule has 0 aliphatic rings. The molecule has 0 saturated carbocycles. The molecule has 1 aromatic carbocycles. The molecule has 0 spiro atoms. The van der Waals surface area contributed by atoms with Gasteiger partial charge in [-0.05, 0) is 6.07 Å². The molecule has 5 nitrogen and oxygen atoms in total. The van der Waals surface area contributed by atoms with E-state index in [0.29, 0.717) is 11.3 Å². The maximum Gasteiger partial charge on any atom is 0.186 e. The first-order chi connectivity index (χ1) is 7.77. The molecule has 3 rings (SSSR count). The summed E-state index contributed by atoms with van der Waals surface area (Å²) in [6.45, 7) is 0. The zero-order valence-corrected chi connectivity index (χ0v) is 8.98. The van der Waals surface area contributed by atoms with Crippen LogP contribution in [0.1, 0.15) is 5.69 Å². The van der Waals surface area contributed by atoms with Crippen LogP contribution in [0.5, 0.6) is 0 Å². The van der Waals surface area contributed by atoms with E-state index in [0.717, 1.165) is 10.9 Å². The van der Waals surface area contributed by atoms with Crippen LogP contribution in [0.15, 0.2) is 30.5 Å². The molecule has 2 heterocycles. The number of benzene rings is 1. The Morgan fingerprint density at radius 3 is 2.94 bits per heavy atom. The summed E-state index contributed by atoms with van der Waals surface area (Å²) in [7, 11) is 0. The van der Waals surface area contributed by atoms with Crippen LogP contribution in [0.3, 0.4) is 0 Å². The fraction of sp³-hybridized carbons (Fsp3) is 0. The van der Waals surface area contributed by atoms with Crippen molar-refractivity contribution in [1.82, 2.24) is 19.8 Å². The number of hydrogen-bond donors (Lipinski definition) is 1. The first-order valence-corrected chi connectivity index (χ1v) is 5.07. The van der Waals surface area contributed by atoms with E-state index in [1.165, 1.54) is 0 Å². The lowest BCUT2D eigenvalue weighted by molar-refractivity contribution is 0.874. The smallest absolute Gasteiger partial charge is 0.186 e. The predicted octanol–water partition coefficient (Wildman–Crippen LogP) is 0.912. The van der Waals surface area contributed by atoms with Crippen LogP contribution < -0.4 is 5.73 Å². The minimum absolute atomic E-state index is 0.206. The third-order valence-corrected chi connectivity index (χ3v) is 2.56. The van der Waals surface area contributed by atoms with Crippen LogP contribution in [0.2, 0.25) is 0 Å². The highest BCUT2D eigenvalue weighted by Gasteiger charge is 2.11. The van der Waals surface area contributed by atoms with Gasteiger partial charge in [0.05, 0.1) is 5.52 Å². The lowest BCUT2D eigenvalue weighted by Gasteiger charge is -1.99. The van der Waals surface area contributed by atoms with E-state index in [9.17, 15) is 0 Å². The number of para-hydroxylation sites is 1. The number of rotatable bonds is 1. The fourth-order valence-electron chi connectivity index (χ4n) is 1.63. The fourth-order valence-corrected chi connectivity index (χ4v) is 1.77. The van der Waals surface area contributed by atoms with Gasteiger partial charge in [0.25, 0.3) is 0 Å². The molecule has 0 aliphatic heterocycles. The van der Waals surface area contributed by atoms with Gasteiger partial charge in [0.15, 0.2) is 11.3 Å². The van der Waals surface area contributed by atoms with Crippen molar-refractivity contribution in [2.75, 3.05) is 0 Å². The van der Waals surface area contributed by atoms with Gasteiger partial charge >= 0.3 is 0 Å². The summed E-state index contributed by atoms with van der Waals surface area (Å²) >= 11 is 4.89. The number of hydrogen-bond acceptors (Lipinski definition) is 4. The second kappa shape index (κ2) is 3.21. The summed E-state index contributed by atoms with van der Waals surface area (Å²) in [5, 5.41) is 8.93. The second-order valence-electron chi connectivity index (χ2n) is 3.35. The van der Waals surface area contributed by atoms with Gasteiger partial charge in [0.2, 0.25) is 0 Å². The number of fused-ring (bicyclic) bond motifs is 3. The van der Waals surface area contributed by atoms with Crippen LogP contribution >= 0.6 is 12.2 Å². The SMILES string of the molecule is NC(=S)c1nnn2c1ncc1ccccc12. The van der Waals surface area contributed by atoms with Crippen molar-refractivity contribution < 1.29 is 0 Å². The first kappa shape index (κ1) is 9.17. The van der Waals surface area contributed by atoms with E-state index >= 15 is 0 Å². The lowest BCUT2D eigenvalue weighted by atomic mass is 10.2. The Bertz CT molecular complexity index is 703. The Kier molecular flexibility index (Phi) is 1.84. The predicted molar refractivity (Wildman–Crippen MR) is 64.2 cm³/mol. The maximum absolute atomic E-state index is 5.54. The third kappa shape index (κ3) is 1.17. The highest BCUT2D eigenvalue weighted by molar-refractivity contribution is 7.80. The Morgan fingerprint density at radius 1 is 1.31 bits per heavy atom. The molecule has 2 aromatic heterocycles. The van der Waals surface area contributed by atoms with Crippen molar-refractivity contribution in [3.05, 3.63) is 36.2 Å². The van der Waals surface area contributed by atoms with E-state index in [1.807, 2.05) is 24.3 Å². The molecule has 2 N–H and O–H groups in total. The summed E-state index contributed by atoms with van der Waals surface area (Å²) in [6, 6.07) is 7.79. The van der Waals surface area contributed by atoms with Crippen LogP contribution in [-0.2, 0) is 0 Å². The van der Waals surface area contributed by atoms with Crippen molar-refractivity contribution in [1.29, 1.82) is 0 Å². The summed E-state index contributed by atoms with van der Waals surface area (Å²) in [5.74, 6) is 0. The standard InChI is InChI=1S/C10H7N5S/c11-9(16)8-10-12-5-6-3-1-2-4-7(6)15(10)14-13-8/h1-5H,(H2,11,16). The van der Waals surface area contributed by atoms with Gasteiger partial charge in [-0.25, -0.2) is 4.98 Å². The van der Waals surface area contributed by atoms with E-state index in [2.05, 4.69) is 15.3 Å². The molecule has 0 unspecified atom stereocenters. The van der Waals surface area contributed by atoms with Crippen molar-refractivity contribution >= 4 is 33.8 Å². The Balaban J connectivity index is 2.49. The molecule has 0 fully saturated rings. The third-order valence-electron chi connectivity index (χ3n) is 2.37. The number of aromatic nitrogens is 4. The monoisotopic (exact) mass is 229 g/mol. The Hall–Kier alpha value is -2.08. The van der Waals surface area contributed by atoms with Crippen molar-refractivity contribution in [3.8, 4) is 0 Å². The Morgan fingerprint density at radius 2 is 2.12 bits per heavy atom. The summed E-state index contributed by atoms with van der Waals surface area (Å²) < 4.78 is 1.64. The van der Waals surface area contributed by atoms with E-state index in [-0.39, 0.29) is 4.99 Å². The number of nitrogens with zero attached hydrogens (tertiary/aromatic N) is 4. The van der Waals surface area contributed by atoms with Gasteiger partial charge in [-0.3, -0.25) is 0 Å². The van der Waals surface area contributed by atoms with Crippen LogP contribution in [0.25, 0.3) is 16.6 Å². The number of thiocarbonyl (C=S) groups is 1. The van der Waals surface area contributed by atoms with Gasteiger partial charge in [0, 0.05) is 11.6 Å². The highest BCUT2D eigenvalue weighted by atomic mass is 32.1. The largest absolute Gasteiger partial charge is 0.388 e. The van der Waals surface area contributed by atoms with Gasteiger partial charge in [-0.1, -0.05) is 35.6 Å². The highest BCUT2D eigenvalue weighted by Crippen LogP contribution is 2.14. The number of nitrogens with two attached hydrogens (primary N) is 1. The van der Waals surface area contributed by atoms with Crippen LogP contribution in [-0.4, -0.2) is 24.8 Å². The van der Waals surface area contributed by atoms with Crippen molar-refractivity contribution in [3.63, 3.8) is 0 Å². The quantitative estimate of drug-likeness (QED) is 0.628. The molecule has 6 heteroatoms. The molecule has 0 atom stereocenters. The average Bonchev–Trinajstić information content (AvgIpc) is 2.73. The molecular formula is C10H7N5S. The van der Waals surface area contributed by atoms with Crippen LogP contribution in [0, 0.1) is 0 Å². The molecule has 16 heavy (non-hydrogen) atoms. The van der Waals surface area contributed by atoms with Gasteiger partial charge in [-0.2, -0.15) is 4.52 Å². The maximum atomic E-state index is 5.54. The first-order valence-electron chi connectivity index (χ1n) is 4.66. The minimum Gasteiger partial charge on any atom is -0.388 e. The normalized spacial score (nSPS) is 11.0. The molecule has 0 aliphatic carbocycles. The molecule has 0 amide bonds. The van der Waals surface area contributed by atoms with Gasteiger partial charge in [0.1, 0.15) is 4.99 Å². The van der Waals surface area contributed by atoms with Crippen molar-refractivity contribution in [2.45, 2.75) is 0 Å². The van der Waals surface area contributed by atoms with Gasteiger partial charge < -0.3 is 5.73 Å². The molecular weight excluding hydrogens is 222 g/mol. The topological polar surface area (TPSA) is 69.1 Å². The van der Waals surface area contributed by atoms with E-state index in [1.54, 1.807) is 10.7 Å². The van der Waals surface area contributed by atoms with Crippen molar-refractivity contribution in [2.24, 2.45) is 5.73 Å². The zero-order valence-electron chi connectivity index (χ0n) is 8.16. The molecule has 0 bridgehead atoms. The molecule has 78 valence electrons. The Labute approximate surface area is 95.9 Å². The van der Waals surface area contributed by atoms with Gasteiger partial charge in [-0.15, -0.1) is 5.10 Å². The summed E-state index contributed by atoms with van der Waals surface area (Å²) in [6.07, 6.45) is 1.76. The second-order valence-corrected chi connectivity index (χ2v) is 3.79.